The molecule has 2 aliphatic heterocycles. The Morgan fingerprint density at radius 2 is 0.985 bits per heavy atom. The Morgan fingerprint density at radius 1 is 0.470 bits per heavy atom. The van der Waals surface area contributed by atoms with Crippen LogP contribution in [0, 0.1) is 6.92 Å². The number of hydrogen-bond donors (Lipinski definition) is 0. The molecule has 0 radical (unpaired) electrons. The predicted octanol–water partition coefficient (Wildman–Crippen LogP) is 15.6. The molecular weight excluding hydrogens is 822 g/mol. The molecule has 66 heavy (non-hydrogen) atoms. The second-order valence-electron chi connectivity index (χ2n) is 24.4. The SMILES string of the molecule is Cc1cc2c3c(c1)N(c1cc(C(C)(C)C)cc(C(C)(C)C)c1)c1sc(-c4ccc5oc6ccc(C(C)(C)C)cc6c5c4)nc1B3c1cc(C(C)(C)C)ccc1N2c1ccc(C(C)(C)C)cc1. The molecule has 0 amide bonds. The van der Waals surface area contributed by atoms with Crippen molar-refractivity contribution in [2.24, 2.45) is 0 Å². The van der Waals surface area contributed by atoms with Crippen LogP contribution in [-0.4, -0.2) is 11.7 Å². The number of aromatic nitrogens is 1. The summed E-state index contributed by atoms with van der Waals surface area (Å²) in [6, 6.07) is 42.0. The largest absolute Gasteiger partial charge is 0.456 e. The maximum atomic E-state index is 6.47. The quantitative estimate of drug-likeness (QED) is 0.166. The van der Waals surface area contributed by atoms with Crippen molar-refractivity contribution in [1.82, 2.24) is 4.98 Å². The van der Waals surface area contributed by atoms with Gasteiger partial charge in [0.2, 0.25) is 0 Å². The van der Waals surface area contributed by atoms with Crippen molar-refractivity contribution in [1.29, 1.82) is 0 Å². The highest BCUT2D eigenvalue weighted by Gasteiger charge is 2.46. The van der Waals surface area contributed by atoms with Crippen molar-refractivity contribution in [3.63, 3.8) is 0 Å². The summed E-state index contributed by atoms with van der Waals surface area (Å²) in [7, 11) is 0. The molecule has 2 aliphatic rings. The van der Waals surface area contributed by atoms with Gasteiger partial charge in [0.25, 0.3) is 6.71 Å². The van der Waals surface area contributed by atoms with Gasteiger partial charge < -0.3 is 14.2 Å². The maximum absolute atomic E-state index is 6.47. The highest BCUT2D eigenvalue weighted by atomic mass is 32.1. The van der Waals surface area contributed by atoms with E-state index in [1.807, 2.05) is 11.3 Å². The first-order chi connectivity index (χ1) is 30.8. The molecule has 336 valence electrons. The average molecular weight is 888 g/mol. The van der Waals surface area contributed by atoms with Crippen molar-refractivity contribution in [3.8, 4) is 10.6 Å². The molecule has 6 heteroatoms. The van der Waals surface area contributed by atoms with Crippen molar-refractivity contribution in [2.45, 2.75) is 138 Å². The van der Waals surface area contributed by atoms with Gasteiger partial charge in [-0.1, -0.05) is 152 Å². The molecule has 0 aliphatic carbocycles. The lowest BCUT2D eigenvalue weighted by molar-refractivity contribution is 0.569. The Kier molecular flexibility index (Phi) is 9.86. The van der Waals surface area contributed by atoms with Gasteiger partial charge in [-0.3, -0.25) is 0 Å². The predicted molar refractivity (Wildman–Crippen MR) is 287 cm³/mol. The molecule has 0 N–H and O–H groups in total. The summed E-state index contributed by atoms with van der Waals surface area (Å²) in [4.78, 5) is 11.0. The third kappa shape index (κ3) is 7.39. The van der Waals surface area contributed by atoms with Crippen molar-refractivity contribution < 1.29 is 4.42 Å². The van der Waals surface area contributed by atoms with Crippen molar-refractivity contribution >= 4 is 89.9 Å². The zero-order valence-corrected chi connectivity index (χ0v) is 42.9. The van der Waals surface area contributed by atoms with Crippen LogP contribution < -0.4 is 26.3 Å². The number of aryl methyl sites for hydroxylation is 1. The lowest BCUT2D eigenvalue weighted by Gasteiger charge is -2.43. The fraction of sp³-hybridized carbons (Fsp3) is 0.350. The van der Waals surface area contributed by atoms with Crippen LogP contribution in [0.2, 0.25) is 0 Å². The fourth-order valence-corrected chi connectivity index (χ4v) is 11.1. The maximum Gasteiger partial charge on any atom is 0.276 e. The topological polar surface area (TPSA) is 32.5 Å². The molecule has 0 bridgehead atoms. The number of anilines is 6. The van der Waals surface area contributed by atoms with Gasteiger partial charge in [0, 0.05) is 44.8 Å². The number of benzene rings is 6. The summed E-state index contributed by atoms with van der Waals surface area (Å²) in [6.45, 7) is 36.9. The number of fused-ring (bicyclic) bond motifs is 7. The van der Waals surface area contributed by atoms with E-state index < -0.39 is 0 Å². The molecule has 0 spiro atoms. The van der Waals surface area contributed by atoms with Gasteiger partial charge in [-0.2, -0.15) is 0 Å². The van der Waals surface area contributed by atoms with Crippen LogP contribution in [0.25, 0.3) is 32.5 Å². The summed E-state index contributed by atoms with van der Waals surface area (Å²) < 4.78 is 6.47. The van der Waals surface area contributed by atoms with Gasteiger partial charge in [0.1, 0.15) is 21.2 Å². The molecule has 0 unspecified atom stereocenters. The Bertz CT molecular complexity index is 3210. The van der Waals surface area contributed by atoms with E-state index >= 15 is 0 Å². The number of rotatable bonds is 3. The highest BCUT2D eigenvalue weighted by molar-refractivity contribution is 7.22. The third-order valence-corrected chi connectivity index (χ3v) is 15.2. The molecule has 8 aromatic rings. The van der Waals surface area contributed by atoms with E-state index in [1.54, 1.807) is 0 Å². The Labute approximate surface area is 398 Å². The van der Waals surface area contributed by atoms with Gasteiger partial charge in [-0.05, 0) is 151 Å². The lowest BCUT2D eigenvalue weighted by Crippen LogP contribution is -2.61. The minimum atomic E-state index is -0.0880. The Morgan fingerprint density at radius 3 is 1.58 bits per heavy atom. The van der Waals surface area contributed by atoms with E-state index in [4.69, 9.17) is 9.40 Å². The van der Waals surface area contributed by atoms with Gasteiger partial charge in [0.05, 0.1) is 5.59 Å². The van der Waals surface area contributed by atoms with E-state index in [0.717, 1.165) is 43.8 Å². The number of furan rings is 1. The first-order valence-electron chi connectivity index (χ1n) is 23.9. The second-order valence-corrected chi connectivity index (χ2v) is 25.4. The minimum absolute atomic E-state index is 0.0190. The minimum Gasteiger partial charge on any atom is -0.456 e. The molecule has 0 saturated heterocycles. The smallest absolute Gasteiger partial charge is 0.276 e. The Balaban J connectivity index is 1.28. The lowest BCUT2D eigenvalue weighted by atomic mass is 9.35. The summed E-state index contributed by atoms with van der Waals surface area (Å²) in [5, 5.41) is 4.46. The van der Waals surface area contributed by atoms with Crippen LogP contribution in [-0.2, 0) is 27.1 Å². The number of hydrogen-bond acceptors (Lipinski definition) is 5. The van der Waals surface area contributed by atoms with Crippen molar-refractivity contribution in [3.05, 3.63) is 143 Å². The van der Waals surface area contributed by atoms with Crippen LogP contribution in [0.1, 0.15) is 137 Å². The monoisotopic (exact) mass is 888 g/mol. The van der Waals surface area contributed by atoms with Crippen LogP contribution in [0.15, 0.2) is 114 Å². The van der Waals surface area contributed by atoms with Gasteiger partial charge in [0.15, 0.2) is 0 Å². The van der Waals surface area contributed by atoms with Crippen LogP contribution in [0.3, 0.4) is 0 Å². The molecule has 10 rings (SSSR count). The third-order valence-electron chi connectivity index (χ3n) is 14.1. The summed E-state index contributed by atoms with van der Waals surface area (Å²) in [5.41, 5.74) is 20.3. The standard InChI is InChI=1S/C60H66BN3OS/c1-35-27-48-52-49(28-35)64(43-31-40(59(11,12)13)30-41(32-43)60(14,15)16)55-53(62-54(66-55)36-17-25-50-44(29-36)45-33-38(57(5,6)7)21-26-51(45)65-50)61(52)46-34-39(58(8,9)10)20-24-47(46)63(48)42-22-18-37(19-23-42)56(2,3)4/h17-34H,1-16H3. The zero-order valence-electron chi connectivity index (χ0n) is 42.1. The van der Waals surface area contributed by atoms with E-state index in [-0.39, 0.29) is 33.8 Å². The molecule has 0 atom stereocenters. The van der Waals surface area contributed by atoms with E-state index in [2.05, 4.69) is 230 Å². The highest BCUT2D eigenvalue weighted by Crippen LogP contribution is 2.49. The molecule has 4 nitrogen and oxygen atoms in total. The first-order valence-corrected chi connectivity index (χ1v) is 24.7. The van der Waals surface area contributed by atoms with Crippen LogP contribution >= 0.6 is 11.3 Å². The average Bonchev–Trinajstić information content (AvgIpc) is 3.83. The molecule has 4 heterocycles. The van der Waals surface area contributed by atoms with Crippen LogP contribution in [0.5, 0.6) is 0 Å². The number of thiazole rings is 1. The first kappa shape index (κ1) is 44.3. The van der Waals surface area contributed by atoms with E-state index in [9.17, 15) is 0 Å². The molecule has 6 aromatic carbocycles. The zero-order chi connectivity index (χ0) is 47.2. The number of nitrogens with zero attached hydrogens (tertiary/aromatic N) is 3. The molecule has 0 saturated carbocycles. The van der Waals surface area contributed by atoms with Gasteiger partial charge >= 0.3 is 0 Å². The molecular formula is C60H66BN3OS. The van der Waals surface area contributed by atoms with Gasteiger partial charge in [-0.15, -0.1) is 0 Å². The normalized spacial score (nSPS) is 14.3. The Hall–Kier alpha value is -5.59. The van der Waals surface area contributed by atoms with Crippen LogP contribution in [0.4, 0.5) is 33.4 Å². The van der Waals surface area contributed by atoms with Crippen molar-refractivity contribution in [2.75, 3.05) is 9.80 Å². The molecule has 2 aromatic heterocycles. The van der Waals surface area contributed by atoms with E-state index in [0.29, 0.717) is 0 Å². The van der Waals surface area contributed by atoms with E-state index in [1.165, 1.54) is 72.1 Å². The fourth-order valence-electron chi connectivity index (χ4n) is 9.98. The summed E-state index contributed by atoms with van der Waals surface area (Å²) in [5.74, 6) is 0. The molecule has 0 fully saturated rings. The second kappa shape index (κ2) is 14.7. The van der Waals surface area contributed by atoms with Gasteiger partial charge in [-0.25, -0.2) is 4.98 Å². The summed E-state index contributed by atoms with van der Waals surface area (Å²) >= 11 is 1.82. The summed E-state index contributed by atoms with van der Waals surface area (Å²) in [6.07, 6.45) is 0.